The van der Waals surface area contributed by atoms with Crippen LogP contribution < -0.4 is 10.2 Å². The minimum absolute atomic E-state index is 0.112. The molecule has 0 aliphatic carbocycles. The quantitative estimate of drug-likeness (QED) is 0.896. The van der Waals surface area contributed by atoms with Crippen molar-refractivity contribution in [2.45, 2.75) is 18.9 Å². The van der Waals surface area contributed by atoms with Gasteiger partial charge in [0.25, 0.3) is 0 Å². The monoisotopic (exact) mass is 350 g/mol. The predicted octanol–water partition coefficient (Wildman–Crippen LogP) is 1.67. The summed E-state index contributed by atoms with van der Waals surface area (Å²) in [5.74, 6) is 0.112. The molecule has 1 N–H and O–H groups in total. The number of nitrogens with one attached hydrogen (secondary N) is 1. The Bertz CT molecular complexity index is 560. The summed E-state index contributed by atoms with van der Waals surface area (Å²) in [5.41, 5.74) is 1.21. The number of likely N-dealkylation sites (tertiary alicyclic amines) is 1. The zero-order valence-corrected chi connectivity index (χ0v) is 15.1. The Labute approximate surface area is 149 Å². The number of benzene rings is 1. The number of halogens is 1. The molecule has 132 valence electrons. The maximum absolute atomic E-state index is 11.6. The smallest absolute Gasteiger partial charge is 0.233 e. The number of rotatable bonds is 4. The van der Waals surface area contributed by atoms with Gasteiger partial charge < -0.3 is 10.2 Å². The van der Waals surface area contributed by atoms with E-state index >= 15 is 0 Å². The highest BCUT2D eigenvalue weighted by Crippen LogP contribution is 2.23. The molecule has 24 heavy (non-hydrogen) atoms. The molecule has 0 bridgehead atoms. The second-order valence-electron chi connectivity index (χ2n) is 6.71. The molecular formula is C18H27ClN4O. The molecule has 0 saturated carbocycles. The fourth-order valence-electron chi connectivity index (χ4n) is 3.77. The Morgan fingerprint density at radius 2 is 2.04 bits per heavy atom. The average molecular weight is 351 g/mol. The first-order valence-electron chi connectivity index (χ1n) is 8.83. The van der Waals surface area contributed by atoms with Crippen molar-refractivity contribution in [3.05, 3.63) is 29.3 Å². The van der Waals surface area contributed by atoms with E-state index in [4.69, 9.17) is 11.6 Å². The molecule has 0 aromatic heterocycles. The van der Waals surface area contributed by atoms with E-state index in [0.29, 0.717) is 12.6 Å². The minimum Gasteiger partial charge on any atom is -0.369 e. The number of piperidine rings is 1. The first-order valence-corrected chi connectivity index (χ1v) is 9.21. The number of nitrogens with zero attached hydrogens (tertiary/aromatic N) is 3. The van der Waals surface area contributed by atoms with Gasteiger partial charge in [0, 0.05) is 56.5 Å². The zero-order chi connectivity index (χ0) is 16.9. The maximum atomic E-state index is 11.6. The summed E-state index contributed by atoms with van der Waals surface area (Å²) >= 11 is 6.11. The van der Waals surface area contributed by atoms with Crippen molar-refractivity contribution in [1.82, 2.24) is 15.1 Å². The molecular weight excluding hydrogens is 324 g/mol. The van der Waals surface area contributed by atoms with Crippen molar-refractivity contribution in [3.8, 4) is 0 Å². The fourth-order valence-corrected chi connectivity index (χ4v) is 3.96. The van der Waals surface area contributed by atoms with Crippen LogP contribution in [0.4, 0.5) is 5.69 Å². The number of carbonyl (C=O) groups excluding carboxylic acids is 1. The Morgan fingerprint density at radius 3 is 2.75 bits per heavy atom. The third kappa shape index (κ3) is 4.41. The lowest BCUT2D eigenvalue weighted by Gasteiger charge is -2.43. The summed E-state index contributed by atoms with van der Waals surface area (Å²) < 4.78 is 0. The Morgan fingerprint density at radius 1 is 1.25 bits per heavy atom. The van der Waals surface area contributed by atoms with Crippen LogP contribution in [0.5, 0.6) is 0 Å². The van der Waals surface area contributed by atoms with Crippen LogP contribution in [0, 0.1) is 0 Å². The largest absolute Gasteiger partial charge is 0.369 e. The van der Waals surface area contributed by atoms with Crippen LogP contribution in [-0.4, -0.2) is 74.6 Å². The highest BCUT2D eigenvalue weighted by Gasteiger charge is 2.28. The summed E-state index contributed by atoms with van der Waals surface area (Å²) in [6.07, 6.45) is 2.41. The van der Waals surface area contributed by atoms with Gasteiger partial charge in [0.1, 0.15) is 0 Å². The number of anilines is 1. The van der Waals surface area contributed by atoms with Gasteiger partial charge in [-0.15, -0.1) is 0 Å². The number of likely N-dealkylation sites (N-methyl/N-ethyl adjacent to an activating group) is 1. The Kier molecular flexibility index (Phi) is 5.98. The lowest BCUT2D eigenvalue weighted by molar-refractivity contribution is -0.122. The summed E-state index contributed by atoms with van der Waals surface area (Å²) in [7, 11) is 1.71. The van der Waals surface area contributed by atoms with Crippen molar-refractivity contribution < 1.29 is 4.79 Å². The summed E-state index contributed by atoms with van der Waals surface area (Å²) in [4.78, 5) is 18.9. The van der Waals surface area contributed by atoms with E-state index in [0.717, 1.165) is 44.3 Å². The van der Waals surface area contributed by atoms with Gasteiger partial charge in [-0.2, -0.15) is 0 Å². The molecule has 0 unspecified atom stereocenters. The van der Waals surface area contributed by atoms with Crippen LogP contribution in [-0.2, 0) is 4.79 Å². The molecule has 2 heterocycles. The molecule has 1 atom stereocenters. The number of piperazine rings is 1. The standard InChI is InChI=1S/C18H27ClN4O/c1-20-18(24)14-21-7-3-6-17(13-21)23-10-8-22(9-11-23)16-5-2-4-15(19)12-16/h2,4-5,12,17H,3,6-11,13-14H2,1H3,(H,20,24)/t17-/m0/s1. The fraction of sp³-hybridized carbons (Fsp3) is 0.611. The van der Waals surface area contributed by atoms with E-state index in [1.807, 2.05) is 18.2 Å². The number of carbonyl (C=O) groups is 1. The van der Waals surface area contributed by atoms with Crippen LogP contribution in [0.3, 0.4) is 0 Å². The van der Waals surface area contributed by atoms with Gasteiger partial charge in [0.2, 0.25) is 5.91 Å². The Balaban J connectivity index is 1.51. The molecule has 0 radical (unpaired) electrons. The summed E-state index contributed by atoms with van der Waals surface area (Å²) in [6, 6.07) is 8.69. The summed E-state index contributed by atoms with van der Waals surface area (Å²) in [5, 5.41) is 3.52. The number of amides is 1. The number of hydrogen-bond acceptors (Lipinski definition) is 4. The van der Waals surface area contributed by atoms with Gasteiger partial charge in [-0.25, -0.2) is 0 Å². The van der Waals surface area contributed by atoms with Gasteiger partial charge in [0.15, 0.2) is 0 Å². The van der Waals surface area contributed by atoms with Crippen LogP contribution in [0.15, 0.2) is 24.3 Å². The van der Waals surface area contributed by atoms with Crippen molar-refractivity contribution in [1.29, 1.82) is 0 Å². The van der Waals surface area contributed by atoms with Crippen molar-refractivity contribution in [2.24, 2.45) is 0 Å². The van der Waals surface area contributed by atoms with Crippen LogP contribution in [0.25, 0.3) is 0 Å². The van der Waals surface area contributed by atoms with Gasteiger partial charge in [-0.3, -0.25) is 14.6 Å². The van der Waals surface area contributed by atoms with E-state index in [1.165, 1.54) is 18.5 Å². The molecule has 1 aromatic carbocycles. The molecule has 3 rings (SSSR count). The molecule has 1 aromatic rings. The van der Waals surface area contributed by atoms with Crippen molar-refractivity contribution >= 4 is 23.2 Å². The molecule has 2 aliphatic heterocycles. The molecule has 2 fully saturated rings. The number of hydrogen-bond donors (Lipinski definition) is 1. The normalized spacial score (nSPS) is 23.2. The summed E-state index contributed by atoms with van der Waals surface area (Å²) in [6.45, 7) is 6.78. The first kappa shape index (κ1) is 17.5. The van der Waals surface area contributed by atoms with Crippen LogP contribution in [0.1, 0.15) is 12.8 Å². The van der Waals surface area contributed by atoms with E-state index in [-0.39, 0.29) is 5.91 Å². The van der Waals surface area contributed by atoms with E-state index in [2.05, 4.69) is 26.1 Å². The molecule has 1 amide bonds. The minimum atomic E-state index is 0.112. The van der Waals surface area contributed by atoms with E-state index < -0.39 is 0 Å². The molecule has 0 spiro atoms. The second-order valence-corrected chi connectivity index (χ2v) is 7.14. The van der Waals surface area contributed by atoms with Gasteiger partial charge in [0.05, 0.1) is 6.54 Å². The average Bonchev–Trinajstić information content (AvgIpc) is 2.62. The van der Waals surface area contributed by atoms with Crippen molar-refractivity contribution in [2.75, 3.05) is 57.8 Å². The molecule has 5 nitrogen and oxygen atoms in total. The third-order valence-corrected chi connectivity index (χ3v) is 5.37. The first-order chi connectivity index (χ1) is 11.7. The predicted molar refractivity (Wildman–Crippen MR) is 98.8 cm³/mol. The van der Waals surface area contributed by atoms with E-state index in [1.54, 1.807) is 7.05 Å². The van der Waals surface area contributed by atoms with Gasteiger partial charge in [-0.1, -0.05) is 17.7 Å². The lowest BCUT2D eigenvalue weighted by atomic mass is 10.0. The van der Waals surface area contributed by atoms with E-state index in [9.17, 15) is 4.79 Å². The van der Waals surface area contributed by atoms with Crippen LogP contribution >= 0.6 is 11.6 Å². The Hall–Kier alpha value is -1.30. The molecule has 6 heteroatoms. The topological polar surface area (TPSA) is 38.8 Å². The van der Waals surface area contributed by atoms with Crippen LogP contribution in [0.2, 0.25) is 5.02 Å². The van der Waals surface area contributed by atoms with Crippen molar-refractivity contribution in [3.63, 3.8) is 0 Å². The third-order valence-electron chi connectivity index (χ3n) is 5.13. The molecule has 2 saturated heterocycles. The SMILES string of the molecule is CNC(=O)CN1CCC[C@H](N2CCN(c3cccc(Cl)c3)CC2)C1. The van der Waals surface area contributed by atoms with Gasteiger partial charge >= 0.3 is 0 Å². The maximum Gasteiger partial charge on any atom is 0.233 e. The lowest BCUT2D eigenvalue weighted by Crippen LogP contribution is -2.55. The highest BCUT2D eigenvalue weighted by molar-refractivity contribution is 6.30. The zero-order valence-electron chi connectivity index (χ0n) is 14.4. The molecule has 2 aliphatic rings. The van der Waals surface area contributed by atoms with Gasteiger partial charge in [-0.05, 0) is 37.6 Å². The highest BCUT2D eigenvalue weighted by atomic mass is 35.5. The second kappa shape index (κ2) is 8.19.